The lowest BCUT2D eigenvalue weighted by Gasteiger charge is -2.07. The molecule has 1 heterocycles. The monoisotopic (exact) mass is 238 g/mol. The van der Waals surface area contributed by atoms with Crippen LogP contribution >= 0.6 is 0 Å². The van der Waals surface area contributed by atoms with Crippen molar-refractivity contribution in [2.45, 2.75) is 13.3 Å². The van der Waals surface area contributed by atoms with Crippen molar-refractivity contribution in [3.05, 3.63) is 59.0 Å². The van der Waals surface area contributed by atoms with Crippen molar-refractivity contribution in [2.24, 2.45) is 0 Å². The van der Waals surface area contributed by atoms with Crippen molar-refractivity contribution >= 4 is 17.7 Å². The fourth-order valence-electron chi connectivity index (χ4n) is 2.21. The van der Waals surface area contributed by atoms with Crippen molar-refractivity contribution in [1.29, 1.82) is 0 Å². The van der Waals surface area contributed by atoms with Gasteiger partial charge in [-0.1, -0.05) is 36.4 Å². The van der Waals surface area contributed by atoms with E-state index in [-0.39, 0.29) is 6.01 Å². The molecule has 90 valence electrons. The van der Waals surface area contributed by atoms with Gasteiger partial charge in [-0.3, -0.25) is 0 Å². The van der Waals surface area contributed by atoms with E-state index in [2.05, 4.69) is 48.3 Å². The molecule has 0 atom stereocenters. The molecule has 0 saturated carbocycles. The molecule has 3 nitrogen and oxygen atoms in total. The van der Waals surface area contributed by atoms with Crippen molar-refractivity contribution in [3.63, 3.8) is 0 Å². The number of oxazole rings is 1. The highest BCUT2D eigenvalue weighted by atomic mass is 16.4. The first-order valence-electron chi connectivity index (χ1n) is 5.91. The molecule has 18 heavy (non-hydrogen) atoms. The number of anilines is 1. The fourth-order valence-corrected chi connectivity index (χ4v) is 2.21. The summed E-state index contributed by atoms with van der Waals surface area (Å²) in [5, 5.41) is 0. The zero-order valence-corrected chi connectivity index (χ0v) is 10.2. The third-order valence-electron chi connectivity index (χ3n) is 3.23. The molecule has 0 radical (unpaired) electrons. The second-order valence-electron chi connectivity index (χ2n) is 4.43. The first kappa shape index (κ1) is 10.8. The first-order chi connectivity index (χ1) is 8.74. The highest BCUT2D eigenvalue weighted by Gasteiger charge is 2.14. The second kappa shape index (κ2) is 4.18. The number of nitrogens with zero attached hydrogens (tertiary/aromatic N) is 1. The van der Waals surface area contributed by atoms with Gasteiger partial charge in [0.15, 0.2) is 5.76 Å². The van der Waals surface area contributed by atoms with E-state index < -0.39 is 0 Å². The van der Waals surface area contributed by atoms with Gasteiger partial charge in [-0.05, 0) is 23.6 Å². The molecule has 0 saturated heterocycles. The predicted octanol–water partition coefficient (Wildman–Crippen LogP) is 3.30. The average Bonchev–Trinajstić information content (AvgIpc) is 2.72. The van der Waals surface area contributed by atoms with Gasteiger partial charge in [0, 0.05) is 12.0 Å². The Bertz CT molecular complexity index is 650. The molecule has 3 rings (SSSR count). The largest absolute Gasteiger partial charge is 0.424 e. The normalized spacial score (nSPS) is 14.5. The van der Waals surface area contributed by atoms with Crippen LogP contribution in [0.1, 0.15) is 23.8 Å². The highest BCUT2D eigenvalue weighted by molar-refractivity contribution is 5.75. The molecule has 1 aromatic heterocycles. The number of hydrogen-bond donors (Lipinski definition) is 1. The van der Waals surface area contributed by atoms with Crippen LogP contribution in [0.4, 0.5) is 6.01 Å². The Balaban J connectivity index is 2.09. The molecule has 0 amide bonds. The molecule has 3 heteroatoms. The van der Waals surface area contributed by atoms with Crippen LogP contribution in [-0.2, 0) is 6.42 Å². The molecule has 1 aliphatic carbocycles. The van der Waals surface area contributed by atoms with Crippen LogP contribution in [-0.4, -0.2) is 4.98 Å². The molecular formula is C15H14N2O. The van der Waals surface area contributed by atoms with E-state index in [1.54, 1.807) is 6.20 Å². The zero-order valence-electron chi connectivity index (χ0n) is 10.2. The third-order valence-corrected chi connectivity index (χ3v) is 3.23. The maximum atomic E-state index is 5.55. The Labute approximate surface area is 106 Å². The van der Waals surface area contributed by atoms with Gasteiger partial charge in [0.2, 0.25) is 0 Å². The summed E-state index contributed by atoms with van der Waals surface area (Å²) in [5.74, 6) is 0.756. The minimum Gasteiger partial charge on any atom is -0.424 e. The molecule has 1 aliphatic rings. The number of nitrogen functional groups attached to an aromatic ring is 1. The Morgan fingerprint density at radius 2 is 2.06 bits per heavy atom. The predicted molar refractivity (Wildman–Crippen MR) is 72.7 cm³/mol. The summed E-state index contributed by atoms with van der Waals surface area (Å²) in [6, 6.07) is 8.58. The number of benzene rings is 1. The third kappa shape index (κ3) is 1.84. The van der Waals surface area contributed by atoms with E-state index in [1.165, 1.54) is 16.7 Å². The number of fused-ring (bicyclic) bond motifs is 1. The van der Waals surface area contributed by atoms with E-state index in [9.17, 15) is 0 Å². The van der Waals surface area contributed by atoms with Crippen LogP contribution in [0.2, 0.25) is 0 Å². The standard InChI is InChI=1S/C15H14N2O/c1-10-6-7-11-4-2-3-5-12(11)8-13(10)14-9-17-15(16)18-14/h2-7,9H,8H2,1H3,(H2,16,17). The SMILES string of the molecule is CC1=C(c2cnc(N)o2)Cc2ccccc2C=C1. The van der Waals surface area contributed by atoms with Crippen LogP contribution in [0.15, 0.2) is 46.5 Å². The summed E-state index contributed by atoms with van der Waals surface area (Å²) in [5.41, 5.74) is 10.4. The van der Waals surface area contributed by atoms with E-state index in [1.807, 2.05) is 0 Å². The lowest BCUT2D eigenvalue weighted by atomic mass is 9.99. The van der Waals surface area contributed by atoms with E-state index in [0.29, 0.717) is 0 Å². The number of nitrogens with two attached hydrogens (primary N) is 1. The van der Waals surface area contributed by atoms with Crippen LogP contribution in [0, 0.1) is 0 Å². The minimum absolute atomic E-state index is 0.215. The molecule has 0 unspecified atom stereocenters. The molecule has 1 aromatic carbocycles. The van der Waals surface area contributed by atoms with Gasteiger partial charge in [-0.15, -0.1) is 0 Å². The maximum absolute atomic E-state index is 5.55. The summed E-state index contributed by atoms with van der Waals surface area (Å²) >= 11 is 0. The number of rotatable bonds is 1. The van der Waals surface area contributed by atoms with E-state index >= 15 is 0 Å². The maximum Gasteiger partial charge on any atom is 0.292 e. The van der Waals surface area contributed by atoms with Crippen molar-refractivity contribution in [2.75, 3.05) is 5.73 Å². The van der Waals surface area contributed by atoms with E-state index in [0.717, 1.165) is 17.8 Å². The van der Waals surface area contributed by atoms with Crippen LogP contribution < -0.4 is 5.73 Å². The zero-order chi connectivity index (χ0) is 12.5. The molecule has 0 bridgehead atoms. The lowest BCUT2D eigenvalue weighted by molar-refractivity contribution is 0.564. The first-order valence-corrected chi connectivity index (χ1v) is 5.91. The van der Waals surface area contributed by atoms with Crippen molar-refractivity contribution < 1.29 is 4.42 Å². The van der Waals surface area contributed by atoms with Crippen molar-refractivity contribution in [1.82, 2.24) is 4.98 Å². The highest BCUT2D eigenvalue weighted by Crippen LogP contribution is 2.30. The van der Waals surface area contributed by atoms with Gasteiger partial charge in [-0.25, -0.2) is 4.98 Å². The number of hydrogen-bond acceptors (Lipinski definition) is 3. The number of allylic oxidation sites excluding steroid dienone is 3. The Kier molecular flexibility index (Phi) is 2.52. The summed E-state index contributed by atoms with van der Waals surface area (Å²) in [7, 11) is 0. The molecule has 0 aliphatic heterocycles. The summed E-state index contributed by atoms with van der Waals surface area (Å²) in [6.45, 7) is 2.08. The molecule has 0 fully saturated rings. The van der Waals surface area contributed by atoms with Crippen molar-refractivity contribution in [3.8, 4) is 0 Å². The smallest absolute Gasteiger partial charge is 0.292 e. The minimum atomic E-state index is 0.215. The van der Waals surface area contributed by atoms with Gasteiger partial charge in [0.25, 0.3) is 6.01 Å². The number of aromatic nitrogens is 1. The Morgan fingerprint density at radius 1 is 1.22 bits per heavy atom. The molecular weight excluding hydrogens is 224 g/mol. The molecule has 0 spiro atoms. The lowest BCUT2D eigenvalue weighted by Crippen LogP contribution is -1.92. The van der Waals surface area contributed by atoms with Gasteiger partial charge in [0.05, 0.1) is 6.20 Å². The van der Waals surface area contributed by atoms with Gasteiger partial charge >= 0.3 is 0 Å². The Hall–Kier alpha value is -2.29. The van der Waals surface area contributed by atoms with Crippen LogP contribution in [0.25, 0.3) is 11.6 Å². The summed E-state index contributed by atoms with van der Waals surface area (Å²) in [6.07, 6.45) is 6.77. The summed E-state index contributed by atoms with van der Waals surface area (Å²) < 4.78 is 5.44. The fraction of sp³-hybridized carbons (Fsp3) is 0.133. The van der Waals surface area contributed by atoms with Crippen LogP contribution in [0.5, 0.6) is 0 Å². The average molecular weight is 238 g/mol. The van der Waals surface area contributed by atoms with Gasteiger partial charge in [-0.2, -0.15) is 0 Å². The molecule has 2 aromatic rings. The van der Waals surface area contributed by atoms with Crippen LogP contribution in [0.3, 0.4) is 0 Å². The quantitative estimate of drug-likeness (QED) is 0.829. The van der Waals surface area contributed by atoms with Gasteiger partial charge < -0.3 is 10.2 Å². The summed E-state index contributed by atoms with van der Waals surface area (Å²) in [4.78, 5) is 3.97. The topological polar surface area (TPSA) is 52.0 Å². The Morgan fingerprint density at radius 3 is 2.83 bits per heavy atom. The molecule has 2 N–H and O–H groups in total. The van der Waals surface area contributed by atoms with E-state index in [4.69, 9.17) is 10.2 Å². The van der Waals surface area contributed by atoms with Gasteiger partial charge in [0.1, 0.15) is 0 Å². The second-order valence-corrected chi connectivity index (χ2v) is 4.43.